The second-order valence-electron chi connectivity index (χ2n) is 8.23. The van der Waals surface area contributed by atoms with E-state index in [2.05, 4.69) is 63.9 Å². The fourth-order valence-corrected chi connectivity index (χ4v) is 4.45. The summed E-state index contributed by atoms with van der Waals surface area (Å²) in [5, 5.41) is 0. The van der Waals surface area contributed by atoms with Crippen molar-refractivity contribution in [1.82, 2.24) is 14.3 Å². The molecule has 0 saturated carbocycles. The zero-order valence-electron chi connectivity index (χ0n) is 17.3. The van der Waals surface area contributed by atoms with Crippen LogP contribution in [0.5, 0.6) is 0 Å². The van der Waals surface area contributed by atoms with Gasteiger partial charge in [-0.2, -0.15) is 0 Å². The molecule has 5 rings (SSSR count). The van der Waals surface area contributed by atoms with Crippen molar-refractivity contribution in [2.45, 2.75) is 32.2 Å². The summed E-state index contributed by atoms with van der Waals surface area (Å²) in [7, 11) is 0. The van der Waals surface area contributed by atoms with Crippen LogP contribution in [0.3, 0.4) is 0 Å². The summed E-state index contributed by atoms with van der Waals surface area (Å²) in [6.07, 6.45) is 7.24. The number of imidazole rings is 1. The van der Waals surface area contributed by atoms with Crippen molar-refractivity contribution in [3.8, 4) is 22.4 Å². The first-order valence-electron chi connectivity index (χ1n) is 10.9. The molecular weight excluding hydrogens is 368 g/mol. The lowest BCUT2D eigenvalue weighted by Gasteiger charge is -2.20. The lowest BCUT2D eigenvalue weighted by molar-refractivity contribution is 0.273. The summed E-state index contributed by atoms with van der Waals surface area (Å²) in [5.41, 5.74) is 13.7. The van der Waals surface area contributed by atoms with Crippen LogP contribution in [0, 0.1) is 0 Å². The lowest BCUT2D eigenvalue weighted by Crippen LogP contribution is -2.25. The molecule has 2 aromatic heterocycles. The maximum Gasteiger partial charge on any atom is 0.137 e. The summed E-state index contributed by atoms with van der Waals surface area (Å²) in [6, 6.07) is 23.2. The number of nitrogens with two attached hydrogens (primary N) is 1. The van der Waals surface area contributed by atoms with Gasteiger partial charge in [0, 0.05) is 24.0 Å². The smallest absolute Gasteiger partial charge is 0.137 e. The molecule has 4 aromatic rings. The van der Waals surface area contributed by atoms with Crippen molar-refractivity contribution in [3.63, 3.8) is 0 Å². The maximum absolute atomic E-state index is 6.12. The highest BCUT2D eigenvalue weighted by Gasteiger charge is 2.18. The standard InChI is InChI=1S/C26H28N4/c27-23-14-15-25-28-26(22-12-10-21(11-13-22)20-8-4-3-5-9-20)24(30(25)18-23)19-29-16-6-1-2-7-17-29/h3-5,8-15,18H,1-2,6-7,16-17,19,27H2. The monoisotopic (exact) mass is 396 g/mol. The molecule has 1 aliphatic heterocycles. The van der Waals surface area contributed by atoms with E-state index in [0.29, 0.717) is 0 Å². The fourth-order valence-electron chi connectivity index (χ4n) is 4.45. The average Bonchev–Trinajstić information content (AvgIpc) is 2.95. The molecule has 2 N–H and O–H groups in total. The van der Waals surface area contributed by atoms with Gasteiger partial charge in [-0.25, -0.2) is 4.98 Å². The number of anilines is 1. The highest BCUT2D eigenvalue weighted by molar-refractivity contribution is 5.72. The van der Waals surface area contributed by atoms with E-state index >= 15 is 0 Å². The Morgan fingerprint density at radius 2 is 1.40 bits per heavy atom. The van der Waals surface area contributed by atoms with Crippen LogP contribution in [-0.2, 0) is 6.54 Å². The Hall–Kier alpha value is -3.11. The number of likely N-dealkylation sites (tertiary alicyclic amines) is 1. The Morgan fingerprint density at radius 3 is 2.13 bits per heavy atom. The molecule has 2 aromatic carbocycles. The molecule has 152 valence electrons. The van der Waals surface area contributed by atoms with E-state index in [1.807, 2.05) is 18.3 Å². The van der Waals surface area contributed by atoms with Crippen LogP contribution >= 0.6 is 0 Å². The number of benzene rings is 2. The summed E-state index contributed by atoms with van der Waals surface area (Å²) in [4.78, 5) is 7.57. The van der Waals surface area contributed by atoms with Gasteiger partial charge in [0.15, 0.2) is 0 Å². The van der Waals surface area contributed by atoms with Crippen LogP contribution in [0.4, 0.5) is 5.69 Å². The number of aromatic nitrogens is 2. The number of hydrogen-bond acceptors (Lipinski definition) is 3. The fraction of sp³-hybridized carbons (Fsp3) is 0.269. The largest absolute Gasteiger partial charge is 0.398 e. The minimum atomic E-state index is 0.767. The van der Waals surface area contributed by atoms with Crippen LogP contribution in [0.1, 0.15) is 31.4 Å². The van der Waals surface area contributed by atoms with Gasteiger partial charge < -0.3 is 10.1 Å². The molecular formula is C26H28N4. The lowest BCUT2D eigenvalue weighted by atomic mass is 10.0. The highest BCUT2D eigenvalue weighted by atomic mass is 15.2. The molecule has 0 spiro atoms. The minimum Gasteiger partial charge on any atom is -0.398 e. The quantitative estimate of drug-likeness (QED) is 0.486. The van der Waals surface area contributed by atoms with E-state index in [-0.39, 0.29) is 0 Å². The molecule has 0 unspecified atom stereocenters. The molecule has 1 saturated heterocycles. The van der Waals surface area contributed by atoms with Crippen LogP contribution in [0.25, 0.3) is 28.0 Å². The third kappa shape index (κ3) is 3.83. The van der Waals surface area contributed by atoms with Gasteiger partial charge in [-0.05, 0) is 49.2 Å². The van der Waals surface area contributed by atoms with Crippen LogP contribution in [0.2, 0.25) is 0 Å². The second kappa shape index (κ2) is 8.33. The predicted molar refractivity (Wildman–Crippen MR) is 124 cm³/mol. The minimum absolute atomic E-state index is 0.767. The Labute approximate surface area is 178 Å². The molecule has 0 amide bonds. The Morgan fingerprint density at radius 1 is 0.733 bits per heavy atom. The van der Waals surface area contributed by atoms with Gasteiger partial charge in [-0.1, -0.05) is 67.4 Å². The molecule has 4 nitrogen and oxygen atoms in total. The van der Waals surface area contributed by atoms with E-state index in [9.17, 15) is 0 Å². The average molecular weight is 397 g/mol. The van der Waals surface area contributed by atoms with E-state index in [1.165, 1.54) is 42.5 Å². The molecule has 30 heavy (non-hydrogen) atoms. The van der Waals surface area contributed by atoms with E-state index in [1.54, 1.807) is 0 Å². The summed E-state index contributed by atoms with van der Waals surface area (Å²) < 4.78 is 2.18. The van der Waals surface area contributed by atoms with Crippen molar-refractivity contribution >= 4 is 11.3 Å². The normalized spacial score (nSPS) is 15.3. The van der Waals surface area contributed by atoms with Crippen molar-refractivity contribution in [2.75, 3.05) is 18.8 Å². The molecule has 0 radical (unpaired) electrons. The predicted octanol–water partition coefficient (Wildman–Crippen LogP) is 5.63. The first-order valence-corrected chi connectivity index (χ1v) is 10.9. The van der Waals surface area contributed by atoms with Crippen LogP contribution in [0.15, 0.2) is 72.9 Å². The third-order valence-electron chi connectivity index (χ3n) is 6.08. The summed E-state index contributed by atoms with van der Waals surface area (Å²) in [5.74, 6) is 0. The Balaban J connectivity index is 1.54. The van der Waals surface area contributed by atoms with Crippen molar-refractivity contribution in [3.05, 3.63) is 78.6 Å². The third-order valence-corrected chi connectivity index (χ3v) is 6.08. The van der Waals surface area contributed by atoms with E-state index in [0.717, 1.165) is 42.2 Å². The number of hydrogen-bond donors (Lipinski definition) is 1. The summed E-state index contributed by atoms with van der Waals surface area (Å²) in [6.45, 7) is 3.21. The topological polar surface area (TPSA) is 46.6 Å². The number of nitrogens with zero attached hydrogens (tertiary/aromatic N) is 3. The molecule has 1 aliphatic rings. The number of pyridine rings is 1. The highest BCUT2D eigenvalue weighted by Crippen LogP contribution is 2.29. The molecule has 0 aliphatic carbocycles. The first-order chi connectivity index (χ1) is 14.8. The summed E-state index contributed by atoms with van der Waals surface area (Å²) >= 11 is 0. The molecule has 1 fully saturated rings. The van der Waals surface area contributed by atoms with Gasteiger partial charge in [-0.15, -0.1) is 0 Å². The van der Waals surface area contributed by atoms with Gasteiger partial charge in [-0.3, -0.25) is 4.90 Å². The maximum atomic E-state index is 6.12. The van der Waals surface area contributed by atoms with Gasteiger partial charge in [0.25, 0.3) is 0 Å². The molecule has 0 bridgehead atoms. The van der Waals surface area contributed by atoms with Gasteiger partial charge in [0.2, 0.25) is 0 Å². The molecule has 3 heterocycles. The van der Waals surface area contributed by atoms with Crippen molar-refractivity contribution in [1.29, 1.82) is 0 Å². The van der Waals surface area contributed by atoms with Crippen molar-refractivity contribution < 1.29 is 0 Å². The Kier molecular flexibility index (Phi) is 5.24. The number of fused-ring (bicyclic) bond motifs is 1. The zero-order valence-corrected chi connectivity index (χ0v) is 17.3. The second-order valence-corrected chi connectivity index (χ2v) is 8.23. The van der Waals surface area contributed by atoms with Crippen LogP contribution < -0.4 is 5.73 Å². The van der Waals surface area contributed by atoms with Gasteiger partial charge in [0.1, 0.15) is 5.65 Å². The van der Waals surface area contributed by atoms with E-state index < -0.39 is 0 Å². The SMILES string of the molecule is Nc1ccc2nc(-c3ccc(-c4ccccc4)cc3)c(CN3CCCCCC3)n2c1. The molecule has 0 atom stereocenters. The number of rotatable bonds is 4. The first kappa shape index (κ1) is 18.9. The number of nitrogen functional groups attached to an aromatic ring is 1. The Bertz CT molecular complexity index is 1120. The zero-order chi connectivity index (χ0) is 20.3. The van der Waals surface area contributed by atoms with Gasteiger partial charge >= 0.3 is 0 Å². The van der Waals surface area contributed by atoms with Crippen molar-refractivity contribution in [2.24, 2.45) is 0 Å². The van der Waals surface area contributed by atoms with Gasteiger partial charge in [0.05, 0.1) is 11.4 Å². The molecule has 4 heteroatoms. The van der Waals surface area contributed by atoms with Crippen LogP contribution in [-0.4, -0.2) is 27.4 Å². The van der Waals surface area contributed by atoms with E-state index in [4.69, 9.17) is 10.7 Å².